The molecule has 17 heavy (non-hydrogen) atoms. The maximum atomic E-state index is 10.9. The second-order valence-corrected chi connectivity index (χ2v) is 4.40. The minimum atomic E-state index is -0.371. The van der Waals surface area contributed by atoms with Crippen molar-refractivity contribution in [2.45, 2.75) is 12.1 Å². The smallest absolute Gasteiger partial charge is 0.330 e. The maximum Gasteiger partial charge on any atom is 0.330 e. The third kappa shape index (κ3) is 2.88. The summed E-state index contributed by atoms with van der Waals surface area (Å²) in [7, 11) is 1.35. The number of rotatable bonds is 3. The summed E-state index contributed by atoms with van der Waals surface area (Å²) in [6.45, 7) is 2.03. The molecule has 5 heteroatoms. The molecule has 1 aromatic carbocycles. The van der Waals surface area contributed by atoms with Crippen molar-refractivity contribution >= 4 is 28.8 Å². The van der Waals surface area contributed by atoms with Gasteiger partial charge in [-0.25, -0.2) is 9.78 Å². The normalized spacial score (nSPS) is 11.2. The number of hydrogen-bond acceptors (Lipinski definition) is 4. The predicted molar refractivity (Wildman–Crippen MR) is 67.8 cm³/mol. The lowest BCUT2D eigenvalue weighted by atomic mass is 10.2. The number of thioether (sulfide) groups is 1. The van der Waals surface area contributed by atoms with Crippen molar-refractivity contribution in [2.24, 2.45) is 0 Å². The molecule has 0 saturated carbocycles. The largest absolute Gasteiger partial charge is 0.466 e. The van der Waals surface area contributed by atoms with Crippen molar-refractivity contribution in [3.05, 3.63) is 35.2 Å². The van der Waals surface area contributed by atoms with Gasteiger partial charge in [0.2, 0.25) is 0 Å². The number of benzene rings is 1. The molecule has 0 amide bonds. The first-order valence-corrected chi connectivity index (χ1v) is 5.94. The molecular weight excluding hydrogens is 236 g/mol. The number of methoxy groups -OCH3 is 1. The molecule has 0 fully saturated rings. The zero-order valence-corrected chi connectivity index (χ0v) is 10.4. The molecule has 0 radical (unpaired) electrons. The third-order valence-electron chi connectivity index (χ3n) is 2.20. The Labute approximate surface area is 103 Å². The number of esters is 1. The van der Waals surface area contributed by atoms with Gasteiger partial charge in [0, 0.05) is 6.08 Å². The van der Waals surface area contributed by atoms with Gasteiger partial charge in [-0.3, -0.25) is 0 Å². The molecule has 2 rings (SSSR count). The number of carbonyl (C=O) groups is 1. The van der Waals surface area contributed by atoms with Crippen LogP contribution in [-0.2, 0) is 9.53 Å². The molecule has 1 N–H and O–H groups in total. The summed E-state index contributed by atoms with van der Waals surface area (Å²) in [5.74, 6) is -0.371. The fourth-order valence-corrected chi connectivity index (χ4v) is 2.01. The maximum absolute atomic E-state index is 10.9. The second kappa shape index (κ2) is 5.05. The van der Waals surface area contributed by atoms with Crippen LogP contribution in [0.3, 0.4) is 0 Å². The molecule has 0 aliphatic carbocycles. The van der Waals surface area contributed by atoms with Gasteiger partial charge in [-0.15, -0.1) is 0 Å². The Bertz CT molecular complexity index is 575. The van der Waals surface area contributed by atoms with Crippen molar-refractivity contribution in [1.82, 2.24) is 9.97 Å². The Kier molecular flexibility index (Phi) is 3.49. The average Bonchev–Trinajstić information content (AvgIpc) is 2.70. The summed E-state index contributed by atoms with van der Waals surface area (Å²) in [6.07, 6.45) is 1.36. The molecule has 4 nitrogen and oxygen atoms in total. The van der Waals surface area contributed by atoms with E-state index in [1.54, 1.807) is 5.41 Å². The van der Waals surface area contributed by atoms with E-state index in [0.29, 0.717) is 0 Å². The van der Waals surface area contributed by atoms with E-state index in [9.17, 15) is 4.79 Å². The van der Waals surface area contributed by atoms with Crippen LogP contribution < -0.4 is 0 Å². The number of nitrogens with one attached hydrogen (secondary N) is 1. The van der Waals surface area contributed by atoms with Gasteiger partial charge in [0.15, 0.2) is 5.16 Å². The van der Waals surface area contributed by atoms with Crippen LogP contribution in [0.4, 0.5) is 0 Å². The number of aromatic amines is 1. The molecule has 2 aromatic rings. The number of nitrogens with zero attached hydrogens (tertiary/aromatic N) is 1. The van der Waals surface area contributed by atoms with E-state index in [2.05, 4.69) is 14.7 Å². The number of ether oxygens (including phenoxy) is 1. The second-order valence-electron chi connectivity index (χ2n) is 3.51. The standard InChI is InChI=1S/C12H12N2O2S/c1-8-3-4-9-10(7-8)14-12(13-9)17-6-5-11(15)16-2/h3-7H,1-2H3,(H,13,14). The van der Waals surface area contributed by atoms with Gasteiger partial charge in [-0.1, -0.05) is 17.8 Å². The highest BCUT2D eigenvalue weighted by Crippen LogP contribution is 2.20. The van der Waals surface area contributed by atoms with Gasteiger partial charge in [0.25, 0.3) is 0 Å². The molecule has 0 unspecified atom stereocenters. The van der Waals surface area contributed by atoms with Gasteiger partial charge in [0.05, 0.1) is 18.1 Å². The molecular formula is C12H12N2O2S. The highest BCUT2D eigenvalue weighted by Gasteiger charge is 2.01. The molecule has 1 aromatic heterocycles. The summed E-state index contributed by atoms with van der Waals surface area (Å²) in [6, 6.07) is 6.02. The van der Waals surface area contributed by atoms with Crippen LogP contribution in [0.1, 0.15) is 5.56 Å². The lowest BCUT2D eigenvalue weighted by molar-refractivity contribution is -0.134. The molecule has 1 heterocycles. The van der Waals surface area contributed by atoms with E-state index >= 15 is 0 Å². The van der Waals surface area contributed by atoms with E-state index in [4.69, 9.17) is 0 Å². The van der Waals surface area contributed by atoms with Crippen LogP contribution in [0.25, 0.3) is 11.0 Å². The van der Waals surface area contributed by atoms with Crippen LogP contribution >= 0.6 is 11.8 Å². The minimum absolute atomic E-state index is 0.371. The van der Waals surface area contributed by atoms with Gasteiger partial charge < -0.3 is 9.72 Å². The number of carbonyl (C=O) groups excluding carboxylic acids is 1. The highest BCUT2D eigenvalue weighted by molar-refractivity contribution is 8.02. The van der Waals surface area contributed by atoms with Crippen molar-refractivity contribution in [1.29, 1.82) is 0 Å². The first-order valence-electron chi connectivity index (χ1n) is 5.06. The Balaban J connectivity index is 2.14. The number of fused-ring (bicyclic) bond motifs is 1. The first-order chi connectivity index (χ1) is 8.19. The fourth-order valence-electron chi connectivity index (χ4n) is 1.38. The quantitative estimate of drug-likeness (QED) is 0.515. The zero-order chi connectivity index (χ0) is 12.3. The topological polar surface area (TPSA) is 55.0 Å². The lowest BCUT2D eigenvalue weighted by Crippen LogP contribution is -1.92. The Morgan fingerprint density at radius 2 is 2.35 bits per heavy atom. The van der Waals surface area contributed by atoms with Crippen molar-refractivity contribution in [2.75, 3.05) is 7.11 Å². The van der Waals surface area contributed by atoms with Gasteiger partial charge >= 0.3 is 5.97 Å². The minimum Gasteiger partial charge on any atom is -0.466 e. The lowest BCUT2D eigenvalue weighted by Gasteiger charge is -1.89. The molecule has 0 spiro atoms. The molecule has 0 atom stereocenters. The predicted octanol–water partition coefficient (Wildman–Crippen LogP) is 2.65. The first kappa shape index (κ1) is 11.7. The number of hydrogen-bond donors (Lipinski definition) is 1. The summed E-state index contributed by atoms with van der Waals surface area (Å²) in [4.78, 5) is 18.4. The van der Waals surface area contributed by atoms with Crippen molar-refractivity contribution in [3.63, 3.8) is 0 Å². The Hall–Kier alpha value is -1.75. The SMILES string of the molecule is COC(=O)C=CSc1nc2ccc(C)cc2[nH]1. The average molecular weight is 248 g/mol. The van der Waals surface area contributed by atoms with E-state index in [0.717, 1.165) is 16.2 Å². The van der Waals surface area contributed by atoms with Gasteiger partial charge in [0.1, 0.15) is 0 Å². The number of aromatic nitrogens is 2. The Morgan fingerprint density at radius 3 is 3.12 bits per heavy atom. The highest BCUT2D eigenvalue weighted by atomic mass is 32.2. The van der Waals surface area contributed by atoms with Crippen LogP contribution in [0, 0.1) is 6.92 Å². The van der Waals surface area contributed by atoms with Gasteiger partial charge in [-0.2, -0.15) is 0 Å². The molecule has 88 valence electrons. The molecule has 0 saturated heterocycles. The number of imidazole rings is 1. The Morgan fingerprint density at radius 1 is 1.53 bits per heavy atom. The van der Waals surface area contributed by atoms with Crippen LogP contribution in [-0.4, -0.2) is 23.0 Å². The molecule has 0 aliphatic heterocycles. The van der Waals surface area contributed by atoms with E-state index < -0.39 is 0 Å². The monoisotopic (exact) mass is 248 g/mol. The van der Waals surface area contributed by atoms with E-state index in [1.807, 2.05) is 25.1 Å². The summed E-state index contributed by atoms with van der Waals surface area (Å²) in [5.41, 5.74) is 3.10. The van der Waals surface area contributed by atoms with Crippen LogP contribution in [0.15, 0.2) is 34.8 Å². The zero-order valence-electron chi connectivity index (χ0n) is 9.56. The number of H-pyrrole nitrogens is 1. The fraction of sp³-hybridized carbons (Fsp3) is 0.167. The summed E-state index contributed by atoms with van der Waals surface area (Å²) >= 11 is 1.35. The van der Waals surface area contributed by atoms with Crippen LogP contribution in [0.2, 0.25) is 0 Å². The van der Waals surface area contributed by atoms with Gasteiger partial charge in [-0.05, 0) is 30.0 Å². The third-order valence-corrected chi connectivity index (χ3v) is 2.89. The summed E-state index contributed by atoms with van der Waals surface area (Å²) in [5, 5.41) is 2.40. The molecule has 0 aliphatic rings. The van der Waals surface area contributed by atoms with E-state index in [1.165, 1.54) is 30.5 Å². The molecule has 0 bridgehead atoms. The van der Waals surface area contributed by atoms with Crippen molar-refractivity contribution < 1.29 is 9.53 Å². The van der Waals surface area contributed by atoms with E-state index in [-0.39, 0.29) is 5.97 Å². The number of aryl methyl sites for hydroxylation is 1. The van der Waals surface area contributed by atoms with Crippen molar-refractivity contribution in [3.8, 4) is 0 Å². The van der Waals surface area contributed by atoms with Crippen LogP contribution in [0.5, 0.6) is 0 Å². The summed E-state index contributed by atoms with van der Waals surface area (Å²) < 4.78 is 4.49.